The maximum atomic E-state index is 5.76. The number of nitrogens with two attached hydrogens (primary N) is 1. The minimum atomic E-state index is 0.737. The van der Waals surface area contributed by atoms with E-state index in [-0.39, 0.29) is 0 Å². The Labute approximate surface area is 68.6 Å². The molecule has 10 heavy (non-hydrogen) atoms. The van der Waals surface area contributed by atoms with Crippen molar-refractivity contribution >= 4 is 28.1 Å². The van der Waals surface area contributed by atoms with E-state index in [2.05, 4.69) is 12.3 Å². The van der Waals surface area contributed by atoms with E-state index in [4.69, 9.17) is 5.73 Å². The van der Waals surface area contributed by atoms with E-state index < -0.39 is 0 Å². The average molecular weight is 171 g/mol. The van der Waals surface area contributed by atoms with Gasteiger partial charge in [0.2, 0.25) is 0 Å². The summed E-state index contributed by atoms with van der Waals surface area (Å²) in [6.45, 7) is 2.24. The van der Waals surface area contributed by atoms with Gasteiger partial charge in [-0.15, -0.1) is 23.1 Å². The van der Waals surface area contributed by atoms with Crippen LogP contribution in [0.4, 0.5) is 5.00 Å². The summed E-state index contributed by atoms with van der Waals surface area (Å²) in [5.74, 6) is 0. The SMILES string of the molecule is CC1Cc2c(csc2N)S1. The molecule has 0 aliphatic carbocycles. The van der Waals surface area contributed by atoms with E-state index in [1.165, 1.54) is 10.5 Å². The van der Waals surface area contributed by atoms with Crippen molar-refractivity contribution in [1.82, 2.24) is 0 Å². The molecule has 0 aromatic carbocycles. The molecule has 2 rings (SSSR count). The molecule has 0 radical (unpaired) electrons. The fourth-order valence-corrected chi connectivity index (χ4v) is 3.39. The topological polar surface area (TPSA) is 26.0 Å². The fourth-order valence-electron chi connectivity index (χ4n) is 1.23. The number of fused-ring (bicyclic) bond motifs is 1. The van der Waals surface area contributed by atoms with Gasteiger partial charge < -0.3 is 5.73 Å². The van der Waals surface area contributed by atoms with Gasteiger partial charge in [0.15, 0.2) is 0 Å². The van der Waals surface area contributed by atoms with Crippen LogP contribution in [0, 0.1) is 0 Å². The lowest BCUT2D eigenvalue weighted by atomic mass is 10.2. The lowest BCUT2D eigenvalue weighted by molar-refractivity contribution is 0.968. The van der Waals surface area contributed by atoms with Crippen LogP contribution < -0.4 is 5.73 Å². The Morgan fingerprint density at radius 2 is 2.50 bits per heavy atom. The second kappa shape index (κ2) is 2.17. The number of hydrogen-bond acceptors (Lipinski definition) is 3. The van der Waals surface area contributed by atoms with Crippen LogP contribution in [-0.4, -0.2) is 5.25 Å². The number of anilines is 1. The summed E-state index contributed by atoms with van der Waals surface area (Å²) in [7, 11) is 0. The highest BCUT2D eigenvalue weighted by Gasteiger charge is 2.21. The summed E-state index contributed by atoms with van der Waals surface area (Å²) in [4.78, 5) is 1.41. The summed E-state index contributed by atoms with van der Waals surface area (Å²) >= 11 is 3.61. The van der Waals surface area contributed by atoms with Gasteiger partial charge in [-0.3, -0.25) is 0 Å². The van der Waals surface area contributed by atoms with Crippen molar-refractivity contribution in [2.24, 2.45) is 0 Å². The van der Waals surface area contributed by atoms with Gasteiger partial charge in [0, 0.05) is 21.1 Å². The van der Waals surface area contributed by atoms with Crippen molar-refractivity contribution < 1.29 is 0 Å². The van der Waals surface area contributed by atoms with Crippen molar-refractivity contribution in [3.8, 4) is 0 Å². The molecule has 1 aromatic heterocycles. The predicted octanol–water partition coefficient (Wildman–Crippen LogP) is 2.37. The molecule has 54 valence electrons. The van der Waals surface area contributed by atoms with E-state index in [0.29, 0.717) is 0 Å². The number of thioether (sulfide) groups is 1. The Hall–Kier alpha value is -0.150. The second-order valence-corrected chi connectivity index (χ2v) is 4.97. The first kappa shape index (κ1) is 6.55. The van der Waals surface area contributed by atoms with E-state index in [1.807, 2.05) is 11.8 Å². The summed E-state index contributed by atoms with van der Waals surface area (Å²) < 4.78 is 0. The Balaban J connectivity index is 2.44. The van der Waals surface area contributed by atoms with Gasteiger partial charge in [-0.1, -0.05) is 6.92 Å². The first-order chi connectivity index (χ1) is 4.77. The zero-order chi connectivity index (χ0) is 7.14. The van der Waals surface area contributed by atoms with E-state index >= 15 is 0 Å². The van der Waals surface area contributed by atoms with Gasteiger partial charge >= 0.3 is 0 Å². The molecule has 1 nitrogen and oxygen atoms in total. The summed E-state index contributed by atoms with van der Waals surface area (Å²) in [5, 5.41) is 3.92. The molecule has 1 aliphatic heterocycles. The number of rotatable bonds is 0. The lowest BCUT2D eigenvalue weighted by Crippen LogP contribution is -1.93. The molecule has 2 heterocycles. The molecule has 1 aromatic rings. The molecule has 1 atom stereocenters. The second-order valence-electron chi connectivity index (χ2n) is 2.58. The first-order valence-electron chi connectivity index (χ1n) is 3.30. The molecule has 0 amide bonds. The van der Waals surface area contributed by atoms with Crippen LogP contribution in [0.15, 0.2) is 10.3 Å². The highest BCUT2D eigenvalue weighted by atomic mass is 32.2. The van der Waals surface area contributed by atoms with Gasteiger partial charge in [0.05, 0.1) is 5.00 Å². The standard InChI is InChI=1S/C7H9NS2/c1-4-2-5-6(10-4)3-9-7(5)8/h3-4H,2,8H2,1H3. The third kappa shape index (κ3) is 0.847. The average Bonchev–Trinajstić information content (AvgIpc) is 2.35. The summed E-state index contributed by atoms with van der Waals surface area (Å²) in [6, 6.07) is 0. The fraction of sp³-hybridized carbons (Fsp3) is 0.429. The smallest absolute Gasteiger partial charge is 0.0900 e. The third-order valence-corrected chi connectivity index (χ3v) is 3.90. The van der Waals surface area contributed by atoms with Gasteiger partial charge in [-0.25, -0.2) is 0 Å². The maximum Gasteiger partial charge on any atom is 0.0900 e. The minimum absolute atomic E-state index is 0.737. The Bertz CT molecular complexity index is 254. The van der Waals surface area contributed by atoms with Crippen molar-refractivity contribution in [3.05, 3.63) is 10.9 Å². The van der Waals surface area contributed by atoms with Crippen molar-refractivity contribution in [2.45, 2.75) is 23.5 Å². The van der Waals surface area contributed by atoms with Crippen LogP contribution in [0.1, 0.15) is 12.5 Å². The molecule has 0 saturated carbocycles. The molecule has 3 heteroatoms. The van der Waals surface area contributed by atoms with E-state index in [0.717, 1.165) is 16.7 Å². The molecule has 0 fully saturated rings. The first-order valence-corrected chi connectivity index (χ1v) is 5.06. The van der Waals surface area contributed by atoms with Crippen LogP contribution in [0.3, 0.4) is 0 Å². The zero-order valence-electron chi connectivity index (χ0n) is 5.76. The maximum absolute atomic E-state index is 5.76. The molecular weight excluding hydrogens is 162 g/mol. The van der Waals surface area contributed by atoms with Crippen LogP contribution in [0.5, 0.6) is 0 Å². The number of thiophene rings is 1. The van der Waals surface area contributed by atoms with Gasteiger partial charge in [-0.05, 0) is 6.42 Å². The van der Waals surface area contributed by atoms with Crippen LogP contribution in [-0.2, 0) is 6.42 Å². The van der Waals surface area contributed by atoms with Crippen molar-refractivity contribution in [1.29, 1.82) is 0 Å². The van der Waals surface area contributed by atoms with Crippen LogP contribution in [0.25, 0.3) is 0 Å². The summed E-state index contributed by atoms with van der Waals surface area (Å²) in [6.07, 6.45) is 1.16. The molecule has 0 saturated heterocycles. The van der Waals surface area contributed by atoms with Crippen LogP contribution in [0.2, 0.25) is 0 Å². The number of hydrogen-bond donors (Lipinski definition) is 1. The molecule has 1 aliphatic rings. The Morgan fingerprint density at radius 1 is 1.70 bits per heavy atom. The highest BCUT2D eigenvalue weighted by Crippen LogP contribution is 2.43. The monoisotopic (exact) mass is 171 g/mol. The predicted molar refractivity (Wildman–Crippen MR) is 47.8 cm³/mol. The normalized spacial score (nSPS) is 23.1. The Morgan fingerprint density at radius 3 is 3.20 bits per heavy atom. The third-order valence-electron chi connectivity index (χ3n) is 1.71. The van der Waals surface area contributed by atoms with E-state index in [1.54, 1.807) is 11.3 Å². The molecule has 0 bridgehead atoms. The zero-order valence-corrected chi connectivity index (χ0v) is 7.39. The van der Waals surface area contributed by atoms with Crippen LogP contribution >= 0.6 is 23.1 Å². The van der Waals surface area contributed by atoms with Gasteiger partial charge in [0.25, 0.3) is 0 Å². The molecule has 1 unspecified atom stereocenters. The van der Waals surface area contributed by atoms with Gasteiger partial charge in [0.1, 0.15) is 0 Å². The molecule has 0 spiro atoms. The minimum Gasteiger partial charge on any atom is -0.390 e. The summed E-state index contributed by atoms with van der Waals surface area (Å²) in [5.41, 5.74) is 7.15. The van der Waals surface area contributed by atoms with Crippen molar-refractivity contribution in [3.63, 3.8) is 0 Å². The molecular formula is C7H9NS2. The Kier molecular flexibility index (Phi) is 1.42. The quantitative estimate of drug-likeness (QED) is 0.648. The lowest BCUT2D eigenvalue weighted by Gasteiger charge is -1.95. The molecule has 2 N–H and O–H groups in total. The number of nitrogen functional groups attached to an aromatic ring is 1. The van der Waals surface area contributed by atoms with Crippen molar-refractivity contribution in [2.75, 3.05) is 5.73 Å². The largest absolute Gasteiger partial charge is 0.390 e. The van der Waals surface area contributed by atoms with E-state index in [9.17, 15) is 0 Å². The highest BCUT2D eigenvalue weighted by molar-refractivity contribution is 8.00. The van der Waals surface area contributed by atoms with Gasteiger partial charge in [-0.2, -0.15) is 0 Å².